The van der Waals surface area contributed by atoms with Crippen LogP contribution in [0.3, 0.4) is 0 Å². The van der Waals surface area contributed by atoms with Crippen molar-refractivity contribution in [2.45, 2.75) is 13.8 Å². The quantitative estimate of drug-likeness (QED) is 0.538. The summed E-state index contributed by atoms with van der Waals surface area (Å²) in [7, 11) is 0. The van der Waals surface area contributed by atoms with Crippen molar-refractivity contribution in [3.8, 4) is 17.2 Å². The third kappa shape index (κ3) is 1.86. The van der Waals surface area contributed by atoms with Gasteiger partial charge < -0.3 is 9.52 Å². The Kier molecular flexibility index (Phi) is 2.70. The van der Waals surface area contributed by atoms with Crippen LogP contribution in [0.25, 0.3) is 33.3 Å². The number of aromatic hydroxyl groups is 1. The number of rotatable bonds is 1. The molecule has 4 rings (SSSR count). The van der Waals surface area contributed by atoms with Gasteiger partial charge in [0.15, 0.2) is 5.58 Å². The molecule has 0 amide bonds. The second-order valence-corrected chi connectivity index (χ2v) is 5.61. The maximum absolute atomic E-state index is 10.5. The fourth-order valence-corrected chi connectivity index (χ4v) is 2.72. The first-order valence-electron chi connectivity index (χ1n) is 7.22. The monoisotopic (exact) mass is 289 g/mol. The van der Waals surface area contributed by atoms with Gasteiger partial charge in [-0.1, -0.05) is 30.3 Å². The molecule has 0 aliphatic carbocycles. The van der Waals surface area contributed by atoms with Crippen LogP contribution in [0.1, 0.15) is 11.1 Å². The molecule has 3 heteroatoms. The molecule has 3 nitrogen and oxygen atoms in total. The number of oxazole rings is 1. The van der Waals surface area contributed by atoms with E-state index in [1.807, 2.05) is 55.5 Å². The number of hydrogen-bond donors (Lipinski definition) is 1. The van der Waals surface area contributed by atoms with Crippen molar-refractivity contribution in [1.29, 1.82) is 0 Å². The summed E-state index contributed by atoms with van der Waals surface area (Å²) in [6.07, 6.45) is 0. The van der Waals surface area contributed by atoms with Crippen LogP contribution < -0.4 is 0 Å². The van der Waals surface area contributed by atoms with Gasteiger partial charge in [0, 0.05) is 5.39 Å². The molecule has 0 spiro atoms. The molecule has 1 aromatic heterocycles. The van der Waals surface area contributed by atoms with Gasteiger partial charge in [0.2, 0.25) is 5.89 Å². The number of fused-ring (bicyclic) bond motifs is 2. The fourth-order valence-electron chi connectivity index (χ4n) is 2.72. The SMILES string of the molecule is Cc1cc2nc(-c3ccc4ccccc4c3O)oc2cc1C. The van der Waals surface area contributed by atoms with Gasteiger partial charge in [-0.3, -0.25) is 0 Å². The van der Waals surface area contributed by atoms with Crippen LogP contribution in [0, 0.1) is 13.8 Å². The van der Waals surface area contributed by atoms with Crippen molar-refractivity contribution in [1.82, 2.24) is 4.98 Å². The van der Waals surface area contributed by atoms with E-state index in [2.05, 4.69) is 11.9 Å². The summed E-state index contributed by atoms with van der Waals surface area (Å²) in [6.45, 7) is 4.10. The van der Waals surface area contributed by atoms with Gasteiger partial charge in [0.1, 0.15) is 11.3 Å². The molecule has 0 aliphatic heterocycles. The third-order valence-electron chi connectivity index (χ3n) is 4.13. The van der Waals surface area contributed by atoms with E-state index in [9.17, 15) is 5.11 Å². The standard InChI is InChI=1S/C19H15NO2/c1-11-9-16-17(10-12(11)2)22-19(20-16)15-8-7-13-5-3-4-6-14(13)18(15)21/h3-10,21H,1-2H3. The average Bonchev–Trinajstić information content (AvgIpc) is 2.91. The van der Waals surface area contributed by atoms with Crippen LogP contribution >= 0.6 is 0 Å². The molecule has 0 saturated carbocycles. The van der Waals surface area contributed by atoms with Gasteiger partial charge in [0.05, 0.1) is 5.56 Å². The Labute approximate surface area is 127 Å². The zero-order chi connectivity index (χ0) is 15.3. The minimum absolute atomic E-state index is 0.207. The summed E-state index contributed by atoms with van der Waals surface area (Å²) in [5, 5.41) is 12.3. The van der Waals surface area contributed by atoms with Crippen LogP contribution in [0.2, 0.25) is 0 Å². The van der Waals surface area contributed by atoms with Gasteiger partial charge in [-0.05, 0) is 48.6 Å². The van der Waals surface area contributed by atoms with Gasteiger partial charge in [-0.15, -0.1) is 0 Å². The van der Waals surface area contributed by atoms with E-state index >= 15 is 0 Å². The Morgan fingerprint density at radius 3 is 2.59 bits per heavy atom. The van der Waals surface area contributed by atoms with Crippen LogP contribution in [-0.4, -0.2) is 10.1 Å². The Balaban J connectivity index is 1.97. The van der Waals surface area contributed by atoms with Crippen molar-refractivity contribution < 1.29 is 9.52 Å². The first-order valence-corrected chi connectivity index (χ1v) is 7.22. The molecule has 0 radical (unpaired) electrons. The molecule has 0 fully saturated rings. The lowest BCUT2D eigenvalue weighted by atomic mass is 10.1. The highest BCUT2D eigenvalue weighted by Crippen LogP contribution is 2.36. The van der Waals surface area contributed by atoms with Crippen molar-refractivity contribution in [3.05, 3.63) is 59.7 Å². The normalized spacial score (nSPS) is 11.4. The van der Waals surface area contributed by atoms with E-state index in [-0.39, 0.29) is 5.75 Å². The molecule has 3 aromatic carbocycles. The summed E-state index contributed by atoms with van der Waals surface area (Å²) in [6, 6.07) is 15.5. The number of phenols is 1. The summed E-state index contributed by atoms with van der Waals surface area (Å²) >= 11 is 0. The molecule has 22 heavy (non-hydrogen) atoms. The van der Waals surface area contributed by atoms with E-state index in [4.69, 9.17) is 4.42 Å². The number of aryl methyl sites for hydroxylation is 2. The zero-order valence-corrected chi connectivity index (χ0v) is 12.4. The minimum atomic E-state index is 0.207. The number of phenolic OH excluding ortho intramolecular Hbond substituents is 1. The molecular weight excluding hydrogens is 274 g/mol. The summed E-state index contributed by atoms with van der Waals surface area (Å²) in [4.78, 5) is 4.53. The molecule has 1 N–H and O–H groups in total. The lowest BCUT2D eigenvalue weighted by Gasteiger charge is -2.04. The summed E-state index contributed by atoms with van der Waals surface area (Å²) in [5.41, 5.74) is 4.51. The van der Waals surface area contributed by atoms with E-state index in [0.717, 1.165) is 27.4 Å². The lowest BCUT2D eigenvalue weighted by molar-refractivity contribution is 0.480. The molecule has 0 bridgehead atoms. The lowest BCUT2D eigenvalue weighted by Crippen LogP contribution is -1.82. The summed E-state index contributed by atoms with van der Waals surface area (Å²) in [5.74, 6) is 0.654. The van der Waals surface area contributed by atoms with Gasteiger partial charge >= 0.3 is 0 Å². The molecule has 0 aliphatic rings. The molecule has 108 valence electrons. The van der Waals surface area contributed by atoms with Crippen LogP contribution in [0.5, 0.6) is 5.75 Å². The Morgan fingerprint density at radius 2 is 1.73 bits per heavy atom. The summed E-state index contributed by atoms with van der Waals surface area (Å²) < 4.78 is 5.85. The average molecular weight is 289 g/mol. The van der Waals surface area contributed by atoms with Gasteiger partial charge in [0.25, 0.3) is 0 Å². The molecule has 0 saturated heterocycles. The van der Waals surface area contributed by atoms with Crippen molar-refractivity contribution in [2.75, 3.05) is 0 Å². The minimum Gasteiger partial charge on any atom is -0.506 e. The second kappa shape index (κ2) is 4.60. The van der Waals surface area contributed by atoms with E-state index in [0.29, 0.717) is 11.5 Å². The molecule has 0 unspecified atom stereocenters. The first kappa shape index (κ1) is 12.9. The maximum atomic E-state index is 10.5. The topological polar surface area (TPSA) is 46.3 Å². The maximum Gasteiger partial charge on any atom is 0.231 e. The Hall–Kier alpha value is -2.81. The van der Waals surface area contributed by atoms with Crippen molar-refractivity contribution >= 4 is 21.9 Å². The van der Waals surface area contributed by atoms with Gasteiger partial charge in [-0.25, -0.2) is 4.98 Å². The van der Waals surface area contributed by atoms with Crippen molar-refractivity contribution in [3.63, 3.8) is 0 Å². The molecule has 4 aromatic rings. The Bertz CT molecular complexity index is 976. The van der Waals surface area contributed by atoms with Crippen LogP contribution in [0.4, 0.5) is 0 Å². The van der Waals surface area contributed by atoms with E-state index < -0.39 is 0 Å². The number of benzene rings is 3. The zero-order valence-electron chi connectivity index (χ0n) is 12.4. The highest BCUT2D eigenvalue weighted by molar-refractivity contribution is 5.94. The highest BCUT2D eigenvalue weighted by Gasteiger charge is 2.15. The second-order valence-electron chi connectivity index (χ2n) is 5.61. The van der Waals surface area contributed by atoms with Crippen LogP contribution in [-0.2, 0) is 0 Å². The third-order valence-corrected chi connectivity index (χ3v) is 4.13. The van der Waals surface area contributed by atoms with Gasteiger partial charge in [-0.2, -0.15) is 0 Å². The largest absolute Gasteiger partial charge is 0.506 e. The number of nitrogens with zero attached hydrogens (tertiary/aromatic N) is 1. The van der Waals surface area contributed by atoms with E-state index in [1.165, 1.54) is 5.56 Å². The smallest absolute Gasteiger partial charge is 0.231 e. The molecular formula is C19H15NO2. The predicted molar refractivity (Wildman–Crippen MR) is 88.1 cm³/mol. The Morgan fingerprint density at radius 1 is 0.955 bits per heavy atom. The molecule has 1 heterocycles. The van der Waals surface area contributed by atoms with Crippen LogP contribution in [0.15, 0.2) is 52.9 Å². The van der Waals surface area contributed by atoms with E-state index in [1.54, 1.807) is 0 Å². The number of aromatic nitrogens is 1. The van der Waals surface area contributed by atoms with Crippen molar-refractivity contribution in [2.24, 2.45) is 0 Å². The first-order chi connectivity index (χ1) is 10.6. The highest BCUT2D eigenvalue weighted by atomic mass is 16.3. The number of hydrogen-bond acceptors (Lipinski definition) is 3. The molecule has 0 atom stereocenters. The fraction of sp³-hybridized carbons (Fsp3) is 0.105. The predicted octanol–water partition coefficient (Wildman–Crippen LogP) is 4.97.